The molecule has 0 saturated heterocycles. The number of hydrogen-bond donors (Lipinski definition) is 2. The molecule has 8 heteroatoms. The molecule has 0 atom stereocenters. The topological polar surface area (TPSA) is 79.5 Å². The minimum Gasteiger partial charge on any atom is -0.450 e. The summed E-state index contributed by atoms with van der Waals surface area (Å²) in [6.07, 6.45) is 0. The van der Waals surface area contributed by atoms with Gasteiger partial charge in [0.25, 0.3) is 0 Å². The van der Waals surface area contributed by atoms with Crippen molar-refractivity contribution in [2.45, 2.75) is 25.0 Å². The maximum Gasteiger partial charge on any atom is 0.245 e. The van der Waals surface area contributed by atoms with Gasteiger partial charge < -0.3 is 9.52 Å². The van der Waals surface area contributed by atoms with Crippen LogP contribution in [0, 0.1) is 6.92 Å². The zero-order valence-electron chi connectivity index (χ0n) is 10.0. The lowest BCUT2D eigenvalue weighted by Crippen LogP contribution is -2.23. The summed E-state index contributed by atoms with van der Waals surface area (Å²) in [5.41, 5.74) is 1.99. The zero-order valence-corrected chi connectivity index (χ0v) is 13.2. The molecule has 2 rings (SSSR count). The van der Waals surface area contributed by atoms with E-state index in [0.29, 0.717) is 0 Å². The summed E-state index contributed by atoms with van der Waals surface area (Å²) in [7, 11) is -3.67. The number of halogens is 1. The van der Waals surface area contributed by atoms with Gasteiger partial charge in [-0.2, -0.15) is 11.3 Å². The van der Waals surface area contributed by atoms with Crippen molar-refractivity contribution in [3.63, 3.8) is 0 Å². The highest BCUT2D eigenvalue weighted by Crippen LogP contribution is 2.26. The summed E-state index contributed by atoms with van der Waals surface area (Å²) in [4.78, 5) is -0.00978. The van der Waals surface area contributed by atoms with E-state index in [0.717, 1.165) is 11.1 Å². The minimum absolute atomic E-state index is 0.00978. The van der Waals surface area contributed by atoms with Gasteiger partial charge in [0.15, 0.2) is 4.67 Å². The highest BCUT2D eigenvalue weighted by Gasteiger charge is 2.22. The molecule has 0 aromatic carbocycles. The van der Waals surface area contributed by atoms with Gasteiger partial charge in [-0.1, -0.05) is 0 Å². The first-order valence-electron chi connectivity index (χ1n) is 5.34. The van der Waals surface area contributed by atoms with Crippen LogP contribution < -0.4 is 4.72 Å². The molecule has 2 N–H and O–H groups in total. The van der Waals surface area contributed by atoms with Crippen LogP contribution >= 0.6 is 27.3 Å². The van der Waals surface area contributed by atoms with Gasteiger partial charge >= 0.3 is 0 Å². The first kappa shape index (κ1) is 14.7. The van der Waals surface area contributed by atoms with Crippen LogP contribution in [0.4, 0.5) is 0 Å². The van der Waals surface area contributed by atoms with Gasteiger partial charge in [-0.05, 0) is 44.7 Å². The number of furan rings is 1. The van der Waals surface area contributed by atoms with Crippen LogP contribution in [0.2, 0.25) is 0 Å². The molecule has 0 aliphatic carbocycles. The number of aryl methyl sites for hydroxylation is 1. The minimum atomic E-state index is -3.67. The monoisotopic (exact) mass is 365 g/mol. The lowest BCUT2D eigenvalue weighted by atomic mass is 10.2. The first-order valence-corrected chi connectivity index (χ1v) is 8.56. The predicted octanol–water partition coefficient (Wildman–Crippen LogP) is 2.38. The summed E-state index contributed by atoms with van der Waals surface area (Å²) in [5.74, 6) is 0.193. The van der Waals surface area contributed by atoms with Crippen LogP contribution in [0.5, 0.6) is 0 Å². The predicted molar refractivity (Wildman–Crippen MR) is 75.4 cm³/mol. The average molecular weight is 366 g/mol. The van der Waals surface area contributed by atoms with Crippen molar-refractivity contribution in [2.75, 3.05) is 0 Å². The van der Waals surface area contributed by atoms with Crippen molar-refractivity contribution in [2.24, 2.45) is 0 Å². The SMILES string of the molecule is Cc1cscc1CNS(=O)(=O)c1cc(CO)oc1Br. The lowest BCUT2D eigenvalue weighted by molar-refractivity contribution is 0.245. The molecule has 0 unspecified atom stereocenters. The second-order valence-corrected chi connectivity index (χ2v) is 7.11. The van der Waals surface area contributed by atoms with E-state index in [9.17, 15) is 8.42 Å². The van der Waals surface area contributed by atoms with E-state index in [1.165, 1.54) is 17.4 Å². The summed E-state index contributed by atoms with van der Waals surface area (Å²) in [5, 5.41) is 12.8. The van der Waals surface area contributed by atoms with Crippen molar-refractivity contribution in [3.8, 4) is 0 Å². The second-order valence-electron chi connectivity index (χ2n) is 3.91. The molecule has 5 nitrogen and oxygen atoms in total. The number of aliphatic hydroxyl groups excluding tert-OH is 1. The Labute approximate surface area is 123 Å². The van der Waals surface area contributed by atoms with Gasteiger partial charge in [0.1, 0.15) is 17.3 Å². The number of sulfonamides is 1. The largest absolute Gasteiger partial charge is 0.450 e. The van der Waals surface area contributed by atoms with E-state index in [-0.39, 0.29) is 28.5 Å². The molecule has 0 bridgehead atoms. The Hall–Kier alpha value is -0.670. The van der Waals surface area contributed by atoms with Crippen LogP contribution in [0.15, 0.2) is 30.8 Å². The molecule has 0 fully saturated rings. The number of hydrogen-bond acceptors (Lipinski definition) is 5. The molecule has 2 aromatic rings. The highest BCUT2D eigenvalue weighted by molar-refractivity contribution is 9.10. The normalized spacial score (nSPS) is 11.9. The molecule has 2 aromatic heterocycles. The van der Waals surface area contributed by atoms with Crippen LogP contribution in [0.1, 0.15) is 16.9 Å². The quantitative estimate of drug-likeness (QED) is 0.852. The van der Waals surface area contributed by atoms with E-state index in [1.54, 1.807) is 0 Å². The Morgan fingerprint density at radius 2 is 2.21 bits per heavy atom. The van der Waals surface area contributed by atoms with Gasteiger partial charge in [0.05, 0.1) is 0 Å². The van der Waals surface area contributed by atoms with Crippen LogP contribution in [-0.4, -0.2) is 13.5 Å². The molecular formula is C11H12BrNO4S2. The number of nitrogens with one attached hydrogen (secondary N) is 1. The Morgan fingerprint density at radius 3 is 2.74 bits per heavy atom. The molecule has 19 heavy (non-hydrogen) atoms. The fraction of sp³-hybridized carbons (Fsp3) is 0.273. The zero-order chi connectivity index (χ0) is 14.0. The standard InChI is InChI=1S/C11H12BrNO4S2/c1-7-5-18-6-8(7)3-13-19(15,16)10-2-9(4-14)17-11(10)12/h2,5-6,13-14H,3-4H2,1H3. The fourth-order valence-corrected chi connectivity index (χ4v) is 4.34. The van der Waals surface area contributed by atoms with E-state index in [2.05, 4.69) is 20.7 Å². The highest BCUT2D eigenvalue weighted by atomic mass is 79.9. The third-order valence-electron chi connectivity index (χ3n) is 2.57. The fourth-order valence-electron chi connectivity index (χ4n) is 1.48. The van der Waals surface area contributed by atoms with E-state index in [1.807, 2.05) is 17.7 Å². The van der Waals surface area contributed by atoms with Crippen LogP contribution in [-0.2, 0) is 23.2 Å². The van der Waals surface area contributed by atoms with Crippen LogP contribution in [0.3, 0.4) is 0 Å². The summed E-state index contributed by atoms with van der Waals surface area (Å²) in [6.45, 7) is 1.80. The van der Waals surface area contributed by atoms with E-state index >= 15 is 0 Å². The third-order valence-corrected chi connectivity index (χ3v) is 5.73. The maximum absolute atomic E-state index is 12.1. The molecular weight excluding hydrogens is 354 g/mol. The number of aliphatic hydroxyl groups is 1. The average Bonchev–Trinajstić information content (AvgIpc) is 2.93. The third kappa shape index (κ3) is 3.26. The van der Waals surface area contributed by atoms with Gasteiger partial charge in [0, 0.05) is 12.6 Å². The molecule has 0 saturated carbocycles. The van der Waals surface area contributed by atoms with Crippen molar-refractivity contribution in [1.29, 1.82) is 0 Å². The Morgan fingerprint density at radius 1 is 1.47 bits per heavy atom. The molecule has 0 radical (unpaired) electrons. The smallest absolute Gasteiger partial charge is 0.245 e. The summed E-state index contributed by atoms with van der Waals surface area (Å²) in [6, 6.07) is 1.30. The van der Waals surface area contributed by atoms with E-state index in [4.69, 9.17) is 9.52 Å². The Kier molecular flexibility index (Phi) is 4.46. The van der Waals surface area contributed by atoms with Crippen molar-refractivity contribution in [1.82, 2.24) is 4.72 Å². The Balaban J connectivity index is 2.18. The molecule has 0 aliphatic rings. The number of thiophene rings is 1. The Bertz CT molecular complexity index is 675. The van der Waals surface area contributed by atoms with Crippen molar-refractivity contribution >= 4 is 37.3 Å². The molecule has 0 spiro atoms. The van der Waals surface area contributed by atoms with Gasteiger partial charge in [0.2, 0.25) is 10.0 Å². The molecule has 2 heterocycles. The van der Waals surface area contributed by atoms with Crippen LogP contribution in [0.25, 0.3) is 0 Å². The maximum atomic E-state index is 12.1. The molecule has 104 valence electrons. The number of rotatable bonds is 5. The van der Waals surface area contributed by atoms with Gasteiger partial charge in [-0.25, -0.2) is 13.1 Å². The van der Waals surface area contributed by atoms with Gasteiger partial charge in [-0.15, -0.1) is 0 Å². The van der Waals surface area contributed by atoms with E-state index < -0.39 is 10.0 Å². The summed E-state index contributed by atoms with van der Waals surface area (Å²) >= 11 is 4.56. The van der Waals surface area contributed by atoms with Gasteiger partial charge in [-0.3, -0.25) is 0 Å². The summed E-state index contributed by atoms with van der Waals surface area (Å²) < 4.78 is 31.9. The lowest BCUT2D eigenvalue weighted by Gasteiger charge is -2.04. The molecule has 0 amide bonds. The van der Waals surface area contributed by atoms with Crippen molar-refractivity contribution in [3.05, 3.63) is 38.4 Å². The first-order chi connectivity index (χ1) is 8.94. The van der Waals surface area contributed by atoms with Crippen molar-refractivity contribution < 1.29 is 17.9 Å². The molecule has 0 aliphatic heterocycles. The second kappa shape index (κ2) is 5.76.